The van der Waals surface area contributed by atoms with E-state index in [1.807, 2.05) is 12.1 Å². The van der Waals surface area contributed by atoms with Crippen molar-refractivity contribution in [3.63, 3.8) is 0 Å². The number of hydrogen-bond acceptors (Lipinski definition) is 4. The summed E-state index contributed by atoms with van der Waals surface area (Å²) in [7, 11) is 0. The average Bonchev–Trinajstić information content (AvgIpc) is 2.93. The maximum absolute atomic E-state index is 13.8. The Morgan fingerprint density at radius 2 is 1.73 bits per heavy atom. The fraction of sp³-hybridized carbons (Fsp3) is 0.345. The van der Waals surface area contributed by atoms with Gasteiger partial charge in [-0.25, -0.2) is 4.79 Å². The first-order chi connectivity index (χ1) is 19.5. The minimum Gasteiger partial charge on any atom is -0.481 e. The predicted molar refractivity (Wildman–Crippen MR) is 143 cm³/mol. The van der Waals surface area contributed by atoms with E-state index in [0.717, 1.165) is 17.7 Å². The van der Waals surface area contributed by atoms with Crippen LogP contribution in [0, 0.1) is 5.92 Å². The number of alkyl halides is 4. The highest BCUT2D eigenvalue weighted by atomic mass is 35.5. The predicted octanol–water partition coefficient (Wildman–Crippen LogP) is 6.40. The Morgan fingerprint density at radius 1 is 1.02 bits per heavy atom. The van der Waals surface area contributed by atoms with Crippen LogP contribution in [-0.2, 0) is 16.8 Å². The van der Waals surface area contributed by atoms with Crippen molar-refractivity contribution in [3.8, 4) is 5.75 Å². The molecule has 0 aliphatic heterocycles. The van der Waals surface area contributed by atoms with E-state index in [0.29, 0.717) is 36.4 Å². The van der Waals surface area contributed by atoms with Crippen LogP contribution in [0.2, 0.25) is 5.02 Å². The Kier molecular flexibility index (Phi) is 9.37. The van der Waals surface area contributed by atoms with Gasteiger partial charge in [-0.05, 0) is 61.1 Å². The van der Waals surface area contributed by atoms with Gasteiger partial charge in [0.25, 0.3) is 0 Å². The molecule has 0 saturated heterocycles. The lowest BCUT2D eigenvalue weighted by atomic mass is 9.80. The van der Waals surface area contributed by atoms with Crippen molar-refractivity contribution in [3.05, 3.63) is 94.8 Å². The van der Waals surface area contributed by atoms with Gasteiger partial charge in [-0.3, -0.25) is 9.78 Å². The molecule has 1 atom stereocenters. The number of carboxylic acid groups (broad SMARTS) is 1. The third-order valence-electron chi connectivity index (χ3n) is 7.05. The van der Waals surface area contributed by atoms with Crippen LogP contribution in [0.5, 0.6) is 5.75 Å². The molecular formula is C29H28ClF4N3O4. The number of amides is 2. The number of pyridine rings is 1. The first-order valence-corrected chi connectivity index (χ1v) is 13.3. The lowest BCUT2D eigenvalue weighted by Gasteiger charge is -2.37. The first-order valence-electron chi connectivity index (χ1n) is 12.9. The molecule has 1 aromatic heterocycles. The number of aliphatic carboxylic acids is 1. The van der Waals surface area contributed by atoms with E-state index in [2.05, 4.69) is 20.4 Å². The van der Waals surface area contributed by atoms with Crippen molar-refractivity contribution in [1.82, 2.24) is 15.6 Å². The second kappa shape index (κ2) is 12.8. The van der Waals surface area contributed by atoms with Crippen LogP contribution in [0.3, 0.4) is 0 Å². The molecule has 2 amide bonds. The van der Waals surface area contributed by atoms with E-state index in [9.17, 15) is 32.3 Å². The Morgan fingerprint density at radius 3 is 2.34 bits per heavy atom. The maximum atomic E-state index is 13.8. The molecule has 12 heteroatoms. The molecule has 2 aromatic carbocycles. The zero-order chi connectivity index (χ0) is 29.6. The highest BCUT2D eigenvalue weighted by molar-refractivity contribution is 6.30. The van der Waals surface area contributed by atoms with Gasteiger partial charge in [-0.2, -0.15) is 17.6 Å². The van der Waals surface area contributed by atoms with Gasteiger partial charge < -0.3 is 20.5 Å². The maximum Gasteiger partial charge on any atom is 0.461 e. The number of benzene rings is 2. The zero-order valence-electron chi connectivity index (χ0n) is 21.7. The summed E-state index contributed by atoms with van der Waals surface area (Å²) in [6.07, 6.45) is -5.59. The molecule has 1 saturated carbocycles. The second-order valence-electron chi connectivity index (χ2n) is 9.91. The van der Waals surface area contributed by atoms with E-state index in [1.165, 1.54) is 12.3 Å². The summed E-state index contributed by atoms with van der Waals surface area (Å²) in [4.78, 5) is 29.3. The van der Waals surface area contributed by atoms with E-state index in [4.69, 9.17) is 11.6 Å². The quantitative estimate of drug-likeness (QED) is 0.236. The fourth-order valence-corrected chi connectivity index (χ4v) is 5.09. The molecule has 3 aromatic rings. The molecule has 3 N–H and O–H groups in total. The van der Waals surface area contributed by atoms with Crippen LogP contribution in [0.25, 0.3) is 0 Å². The van der Waals surface area contributed by atoms with Gasteiger partial charge in [0, 0.05) is 18.7 Å². The molecule has 1 fully saturated rings. The normalized spacial score (nSPS) is 18.8. The zero-order valence-corrected chi connectivity index (χ0v) is 22.5. The van der Waals surface area contributed by atoms with Crippen molar-refractivity contribution in [2.45, 2.75) is 56.2 Å². The molecule has 0 unspecified atom stereocenters. The fourth-order valence-electron chi connectivity index (χ4n) is 4.98. The van der Waals surface area contributed by atoms with E-state index in [1.54, 1.807) is 36.4 Å². The van der Waals surface area contributed by atoms with Crippen molar-refractivity contribution in [1.29, 1.82) is 0 Å². The van der Waals surface area contributed by atoms with Crippen LogP contribution in [0.15, 0.2) is 72.9 Å². The summed E-state index contributed by atoms with van der Waals surface area (Å²) in [5.74, 6) is -1.88. The number of aromatic nitrogens is 1. The summed E-state index contributed by atoms with van der Waals surface area (Å²) >= 11 is 6.09. The highest BCUT2D eigenvalue weighted by Gasteiger charge is 2.45. The third-order valence-corrected chi connectivity index (χ3v) is 7.27. The number of carbonyl (C=O) groups is 2. The second-order valence-corrected chi connectivity index (χ2v) is 10.3. The first kappa shape index (κ1) is 30.1. The van der Waals surface area contributed by atoms with Crippen molar-refractivity contribution < 1.29 is 37.0 Å². The smallest absolute Gasteiger partial charge is 0.461 e. The molecule has 1 aliphatic rings. The van der Waals surface area contributed by atoms with Gasteiger partial charge in [0.05, 0.1) is 16.6 Å². The molecule has 218 valence electrons. The van der Waals surface area contributed by atoms with Crippen molar-refractivity contribution in [2.75, 3.05) is 0 Å². The molecule has 0 radical (unpaired) electrons. The number of nitrogens with zero attached hydrogens (tertiary/aromatic N) is 1. The lowest BCUT2D eigenvalue weighted by Crippen LogP contribution is -2.54. The SMILES string of the molecule is O=C(N[C@@](Cc1ccccc1)(c1cccc(OC(F)(F)C(F)F)c1)c1ccc(Cl)cn1)N[C@H]1CC[C@H](C(=O)O)CC1. The van der Waals surface area contributed by atoms with E-state index >= 15 is 0 Å². The standard InChI is InChI=1S/C29H28ClF4N3O4/c30-21-11-14-24(35-17-21)28(16-18-5-2-1-3-6-18,20-7-4-8-23(15-20)41-29(33,34)26(31)32)37-27(40)36-22-12-9-19(10-13-22)25(38)39/h1-8,11,14-15,17,19,22,26H,9-10,12-13,16H2,(H,38,39)(H2,36,37,40)/t19-,22-,28-/m0/s1. The molecular weight excluding hydrogens is 566 g/mol. The molecule has 41 heavy (non-hydrogen) atoms. The van der Waals surface area contributed by atoms with Gasteiger partial charge in [0.15, 0.2) is 0 Å². The molecule has 1 aliphatic carbocycles. The number of urea groups is 1. The minimum absolute atomic E-state index is 0.0936. The van der Waals surface area contributed by atoms with Crippen LogP contribution in [0.4, 0.5) is 22.4 Å². The summed E-state index contributed by atoms with van der Waals surface area (Å²) in [6.45, 7) is 0. The summed E-state index contributed by atoms with van der Waals surface area (Å²) in [6, 6.07) is 16.4. The van der Waals surface area contributed by atoms with E-state index in [-0.39, 0.29) is 18.0 Å². The molecule has 1 heterocycles. The van der Waals surface area contributed by atoms with Crippen LogP contribution in [0.1, 0.15) is 42.5 Å². The number of carboxylic acids is 1. The Hall–Kier alpha value is -3.86. The lowest BCUT2D eigenvalue weighted by molar-refractivity contribution is -0.253. The van der Waals surface area contributed by atoms with Gasteiger partial charge in [0.2, 0.25) is 0 Å². The number of hydrogen-bond donors (Lipinski definition) is 3. The van der Waals surface area contributed by atoms with Crippen LogP contribution < -0.4 is 15.4 Å². The van der Waals surface area contributed by atoms with Crippen molar-refractivity contribution >= 4 is 23.6 Å². The number of halogens is 5. The molecule has 0 spiro atoms. The van der Waals surface area contributed by atoms with Crippen molar-refractivity contribution in [2.24, 2.45) is 5.92 Å². The number of nitrogens with one attached hydrogen (secondary N) is 2. The minimum atomic E-state index is -4.74. The number of ether oxygens (including phenoxy) is 1. The topological polar surface area (TPSA) is 101 Å². The van der Waals surface area contributed by atoms with Crippen LogP contribution >= 0.6 is 11.6 Å². The molecule has 4 rings (SSSR count). The largest absolute Gasteiger partial charge is 0.481 e. The summed E-state index contributed by atoms with van der Waals surface area (Å²) < 4.78 is 57.8. The summed E-state index contributed by atoms with van der Waals surface area (Å²) in [5, 5.41) is 15.4. The Balaban J connectivity index is 1.74. The van der Waals surface area contributed by atoms with E-state index < -0.39 is 41.7 Å². The summed E-state index contributed by atoms with van der Waals surface area (Å²) in [5.41, 5.74) is -0.208. The highest BCUT2D eigenvalue weighted by Crippen LogP contribution is 2.36. The third kappa shape index (κ3) is 7.46. The molecule has 7 nitrogen and oxygen atoms in total. The van der Waals surface area contributed by atoms with Gasteiger partial charge in [-0.1, -0.05) is 54.1 Å². The van der Waals surface area contributed by atoms with Gasteiger partial charge in [-0.15, -0.1) is 0 Å². The molecule has 0 bridgehead atoms. The number of rotatable bonds is 10. The number of carbonyl (C=O) groups excluding carboxylic acids is 1. The average molecular weight is 594 g/mol. The van der Waals surface area contributed by atoms with Gasteiger partial charge in [0.1, 0.15) is 11.3 Å². The van der Waals surface area contributed by atoms with Crippen LogP contribution in [-0.4, -0.2) is 40.7 Å². The Labute approximate surface area is 238 Å². The monoisotopic (exact) mass is 593 g/mol. The Bertz CT molecular complexity index is 1340. The van der Waals surface area contributed by atoms with Gasteiger partial charge >= 0.3 is 24.5 Å².